The van der Waals surface area contributed by atoms with Gasteiger partial charge in [0.15, 0.2) is 0 Å². The minimum atomic E-state index is -3.71. The van der Waals surface area contributed by atoms with Gasteiger partial charge in [-0.15, -0.1) is 0 Å². The Bertz CT molecular complexity index is 747. The molecule has 0 fully saturated rings. The Hall–Kier alpha value is -1.98. The topological polar surface area (TPSA) is 91.6 Å². The van der Waals surface area contributed by atoms with Crippen molar-refractivity contribution in [1.82, 2.24) is 4.83 Å². The third kappa shape index (κ3) is 4.74. The molecule has 2 rings (SSSR count). The first-order chi connectivity index (χ1) is 11.1. The maximum atomic E-state index is 12.1. The van der Waals surface area contributed by atoms with Crippen molar-refractivity contribution in [3.63, 3.8) is 0 Å². The van der Waals surface area contributed by atoms with E-state index in [0.29, 0.717) is 5.75 Å². The van der Waals surface area contributed by atoms with Crippen molar-refractivity contribution in [2.45, 2.75) is 30.6 Å². The van der Waals surface area contributed by atoms with Crippen LogP contribution in [-0.2, 0) is 10.0 Å². The predicted octanol–water partition coefficient (Wildman–Crippen LogP) is 3.00. The zero-order valence-electron chi connectivity index (χ0n) is 12.7. The zero-order valence-corrected chi connectivity index (χ0v) is 14.3. The Balaban J connectivity index is 2.10. The second-order valence-corrected chi connectivity index (χ2v) is 7.42. The van der Waals surface area contributed by atoms with E-state index in [4.69, 9.17) is 10.00 Å². The van der Waals surface area contributed by atoms with Gasteiger partial charge in [-0.25, -0.2) is 4.83 Å². The number of ether oxygens (including phenoxy) is 1. The Morgan fingerprint density at radius 2 is 2.00 bits per heavy atom. The molecule has 0 atom stereocenters. The first-order valence-corrected chi connectivity index (χ1v) is 9.33. The number of sulfonamides is 1. The quantitative estimate of drug-likeness (QED) is 0.483. The second-order valence-electron chi connectivity index (χ2n) is 4.88. The van der Waals surface area contributed by atoms with E-state index in [-0.39, 0.29) is 4.90 Å². The van der Waals surface area contributed by atoms with Crippen LogP contribution in [0.25, 0.3) is 0 Å². The van der Waals surface area contributed by atoms with Gasteiger partial charge in [-0.1, -0.05) is 0 Å². The van der Waals surface area contributed by atoms with Crippen LogP contribution in [0.3, 0.4) is 0 Å². The summed E-state index contributed by atoms with van der Waals surface area (Å²) in [7, 11) is -2.20. The molecule has 0 aliphatic heterocycles. The van der Waals surface area contributed by atoms with Gasteiger partial charge in [0.25, 0.3) is 10.0 Å². The molecular weight excluding hydrogens is 334 g/mol. The molecule has 0 spiro atoms. The van der Waals surface area contributed by atoms with Gasteiger partial charge >= 0.3 is 0 Å². The molecule has 0 radical (unpaired) electrons. The maximum absolute atomic E-state index is 12.1. The summed E-state index contributed by atoms with van der Waals surface area (Å²) in [6.07, 6.45) is 5.20. The van der Waals surface area contributed by atoms with Crippen LogP contribution in [0, 0.1) is 10.7 Å². The van der Waals surface area contributed by atoms with Crippen LogP contribution in [0.5, 0.6) is 5.75 Å². The number of allylic oxidation sites excluding steroid dienone is 2. The molecule has 1 aromatic rings. The molecule has 0 amide bonds. The number of thiocyanates is 1. The Morgan fingerprint density at radius 1 is 1.30 bits per heavy atom. The van der Waals surface area contributed by atoms with Crippen molar-refractivity contribution in [2.75, 3.05) is 7.11 Å². The summed E-state index contributed by atoms with van der Waals surface area (Å²) in [6, 6.07) is 6.05. The fourth-order valence-electron chi connectivity index (χ4n) is 2.19. The van der Waals surface area contributed by atoms with Gasteiger partial charge in [-0.2, -0.15) is 18.8 Å². The van der Waals surface area contributed by atoms with Gasteiger partial charge < -0.3 is 4.74 Å². The van der Waals surface area contributed by atoms with Crippen LogP contribution in [-0.4, -0.2) is 21.7 Å². The maximum Gasteiger partial charge on any atom is 0.276 e. The molecule has 0 saturated heterocycles. The minimum absolute atomic E-state index is 0.111. The van der Waals surface area contributed by atoms with Crippen LogP contribution in [0.1, 0.15) is 25.7 Å². The van der Waals surface area contributed by atoms with E-state index >= 15 is 0 Å². The normalized spacial score (nSPS) is 15.5. The highest BCUT2D eigenvalue weighted by Gasteiger charge is 2.14. The highest BCUT2D eigenvalue weighted by Crippen LogP contribution is 2.31. The van der Waals surface area contributed by atoms with Gasteiger partial charge in [0.05, 0.1) is 18.2 Å². The number of hydrazone groups is 1. The molecule has 0 bridgehead atoms. The summed E-state index contributed by atoms with van der Waals surface area (Å²) < 4.78 is 29.3. The number of nitrogens with one attached hydrogen (secondary N) is 1. The summed E-state index contributed by atoms with van der Waals surface area (Å²) >= 11 is 1.12. The van der Waals surface area contributed by atoms with Crippen molar-refractivity contribution >= 4 is 28.0 Å². The van der Waals surface area contributed by atoms with E-state index in [1.807, 2.05) is 0 Å². The lowest BCUT2D eigenvalue weighted by atomic mass is 10.0. The lowest BCUT2D eigenvalue weighted by Crippen LogP contribution is -2.18. The van der Waals surface area contributed by atoms with Crippen LogP contribution in [0.4, 0.5) is 0 Å². The number of methoxy groups -OCH3 is 1. The van der Waals surface area contributed by atoms with Gasteiger partial charge in [0, 0.05) is 4.91 Å². The molecule has 1 aliphatic rings. The predicted molar refractivity (Wildman–Crippen MR) is 90.5 cm³/mol. The van der Waals surface area contributed by atoms with Gasteiger partial charge in [-0.05, 0) is 67.3 Å². The number of hydrogen-bond acceptors (Lipinski definition) is 6. The first kappa shape index (κ1) is 17.4. The van der Waals surface area contributed by atoms with Crippen molar-refractivity contribution in [1.29, 1.82) is 5.26 Å². The lowest BCUT2D eigenvalue weighted by Gasteiger charge is -2.14. The summed E-state index contributed by atoms with van der Waals surface area (Å²) in [5.74, 6) is 0.581. The average Bonchev–Trinajstić information content (AvgIpc) is 2.56. The van der Waals surface area contributed by atoms with Crippen molar-refractivity contribution in [3.8, 4) is 11.2 Å². The molecule has 1 N–H and O–H groups in total. The van der Waals surface area contributed by atoms with Crippen molar-refractivity contribution < 1.29 is 13.2 Å². The molecule has 0 unspecified atom stereocenters. The molecule has 1 aliphatic carbocycles. The van der Waals surface area contributed by atoms with Crippen LogP contribution < -0.4 is 9.57 Å². The first-order valence-electron chi connectivity index (χ1n) is 7.03. The Kier molecular flexibility index (Phi) is 6.07. The van der Waals surface area contributed by atoms with E-state index in [9.17, 15) is 8.42 Å². The van der Waals surface area contributed by atoms with E-state index < -0.39 is 10.0 Å². The van der Waals surface area contributed by atoms with Crippen LogP contribution >= 0.6 is 11.8 Å². The van der Waals surface area contributed by atoms with E-state index in [0.717, 1.165) is 47.9 Å². The highest BCUT2D eigenvalue weighted by atomic mass is 32.2. The van der Waals surface area contributed by atoms with Crippen molar-refractivity contribution in [2.24, 2.45) is 5.10 Å². The van der Waals surface area contributed by atoms with Crippen molar-refractivity contribution in [3.05, 3.63) is 34.7 Å². The molecular formula is C15H17N3O3S2. The third-order valence-electron chi connectivity index (χ3n) is 3.39. The number of thioether (sulfide) groups is 1. The number of hydrogen-bond donors (Lipinski definition) is 1. The Morgan fingerprint density at radius 3 is 2.65 bits per heavy atom. The van der Waals surface area contributed by atoms with Gasteiger partial charge in [0.1, 0.15) is 11.2 Å². The molecule has 6 nitrogen and oxygen atoms in total. The van der Waals surface area contributed by atoms with E-state index in [1.54, 1.807) is 12.1 Å². The zero-order chi connectivity index (χ0) is 16.7. The lowest BCUT2D eigenvalue weighted by molar-refractivity contribution is 0.414. The highest BCUT2D eigenvalue weighted by molar-refractivity contribution is 8.07. The minimum Gasteiger partial charge on any atom is -0.497 e. The summed E-state index contributed by atoms with van der Waals surface area (Å²) in [5.41, 5.74) is 0.917. The number of benzene rings is 1. The molecule has 0 heterocycles. The monoisotopic (exact) mass is 351 g/mol. The molecule has 122 valence electrons. The standard InChI is InChI=1S/C15H17N3O3S2/c1-21-13-6-8-14(9-7-13)23(19,20)18-17-10-12-4-2-3-5-15(12)22-11-16/h6-10,18H,2-5H2,1H3/b17-10+. The molecule has 8 heteroatoms. The fourth-order valence-corrected chi connectivity index (χ4v) is 3.62. The number of nitriles is 1. The average molecular weight is 351 g/mol. The molecule has 23 heavy (non-hydrogen) atoms. The number of nitrogens with zero attached hydrogens (tertiary/aromatic N) is 2. The third-order valence-corrected chi connectivity index (χ3v) is 5.43. The molecule has 1 aromatic carbocycles. The Labute approximate surface area is 140 Å². The fraction of sp³-hybridized carbons (Fsp3) is 0.333. The summed E-state index contributed by atoms with van der Waals surface area (Å²) in [5, 5.41) is 14.7. The largest absolute Gasteiger partial charge is 0.497 e. The summed E-state index contributed by atoms with van der Waals surface area (Å²) in [6.45, 7) is 0. The van der Waals surface area contributed by atoms with E-state index in [2.05, 4.69) is 15.3 Å². The van der Waals surface area contributed by atoms with Crippen LogP contribution in [0.15, 0.2) is 44.7 Å². The summed E-state index contributed by atoms with van der Waals surface area (Å²) in [4.78, 5) is 3.27. The van der Waals surface area contributed by atoms with Crippen LogP contribution in [0.2, 0.25) is 0 Å². The SMILES string of the molecule is COc1ccc(S(=O)(=O)N/N=C/C2=C(SC#N)CCCC2)cc1. The molecule has 0 saturated carbocycles. The van der Waals surface area contributed by atoms with Gasteiger partial charge in [-0.3, -0.25) is 0 Å². The second kappa shape index (κ2) is 8.04. The number of rotatable bonds is 6. The molecule has 0 aromatic heterocycles. The van der Waals surface area contributed by atoms with E-state index in [1.165, 1.54) is 25.5 Å². The van der Waals surface area contributed by atoms with Gasteiger partial charge in [0.2, 0.25) is 0 Å². The smallest absolute Gasteiger partial charge is 0.276 e.